The number of aromatic nitrogens is 4. The second kappa shape index (κ2) is 3.29. The Labute approximate surface area is 94.6 Å². The molecule has 2 aromatic heterocycles. The van der Waals surface area contributed by atoms with Crippen LogP contribution in [0.2, 0.25) is 10.4 Å². The predicted octanol–water partition coefficient (Wildman–Crippen LogP) is 0.482. The molecule has 0 atom stereocenters. The van der Waals surface area contributed by atoms with Crippen LogP contribution < -0.4 is 4.98 Å². The molecule has 0 aliphatic heterocycles. The molecule has 0 fully saturated rings. The van der Waals surface area contributed by atoms with E-state index in [0.717, 1.165) is 6.26 Å². The van der Waals surface area contributed by atoms with E-state index in [1.54, 1.807) is 0 Å². The van der Waals surface area contributed by atoms with Crippen molar-refractivity contribution in [2.24, 2.45) is 0 Å². The molecule has 0 aromatic carbocycles. The van der Waals surface area contributed by atoms with Gasteiger partial charge in [-0.05, 0) is 11.6 Å². The highest BCUT2D eigenvalue weighted by molar-refractivity contribution is 7.90. The van der Waals surface area contributed by atoms with E-state index in [-0.39, 0.29) is 21.2 Å². The van der Waals surface area contributed by atoms with Crippen LogP contribution in [-0.2, 0) is 9.84 Å². The van der Waals surface area contributed by atoms with Crippen LogP contribution in [0.15, 0.2) is 5.16 Å². The average Bonchev–Trinajstić information content (AvgIpc) is 2.44. The molecule has 2 aromatic rings. The number of hydrogen-bond donors (Lipinski definition) is 1. The smallest absolute Gasteiger partial charge is 0.255 e. The lowest BCUT2D eigenvalue weighted by atomic mass is 10.6. The van der Waals surface area contributed by atoms with Crippen molar-refractivity contribution in [3.05, 3.63) is 10.4 Å². The largest absolute Gasteiger partial charge is 0.322 e. The zero-order chi connectivity index (χ0) is 11.2. The van der Waals surface area contributed by atoms with Crippen molar-refractivity contribution < 1.29 is 13.4 Å². The van der Waals surface area contributed by atoms with E-state index >= 15 is 0 Å². The van der Waals surface area contributed by atoms with Gasteiger partial charge in [0.1, 0.15) is 0 Å². The van der Waals surface area contributed by atoms with Gasteiger partial charge in [0.2, 0.25) is 15.4 Å². The lowest BCUT2D eigenvalue weighted by Crippen LogP contribution is -2.08. The maximum Gasteiger partial charge on any atom is 0.322 e. The van der Waals surface area contributed by atoms with Gasteiger partial charge < -0.3 is 0 Å². The fourth-order valence-electron chi connectivity index (χ4n) is 1.03. The molecule has 0 spiro atoms. The number of halogens is 2. The number of aromatic amines is 2. The van der Waals surface area contributed by atoms with Crippen LogP contribution in [-0.4, -0.2) is 29.6 Å². The van der Waals surface area contributed by atoms with Gasteiger partial charge in [-0.3, -0.25) is 4.98 Å². The summed E-state index contributed by atoms with van der Waals surface area (Å²) in [6.45, 7) is 0. The first-order valence-corrected chi connectivity index (χ1v) is 6.37. The van der Waals surface area contributed by atoms with Gasteiger partial charge in [-0.1, -0.05) is 16.6 Å². The third kappa shape index (κ3) is 1.90. The van der Waals surface area contributed by atoms with Crippen LogP contribution in [0.3, 0.4) is 0 Å². The Kier molecular flexibility index (Phi) is 2.32. The first-order valence-electron chi connectivity index (χ1n) is 3.72. The minimum absolute atomic E-state index is 0.00331. The van der Waals surface area contributed by atoms with Crippen LogP contribution in [0.5, 0.6) is 0 Å². The van der Waals surface area contributed by atoms with Gasteiger partial charge in [0.05, 0.1) is 0 Å². The van der Waals surface area contributed by atoms with E-state index in [1.807, 2.05) is 0 Å². The SMILES string of the molecule is CS(=O)(=O)c1nc(Cl)c2[nH]c(Cl)[nH+]c2n1. The van der Waals surface area contributed by atoms with Crippen LogP contribution in [0.1, 0.15) is 0 Å². The van der Waals surface area contributed by atoms with Gasteiger partial charge in [-0.15, -0.1) is 0 Å². The molecule has 15 heavy (non-hydrogen) atoms. The van der Waals surface area contributed by atoms with Crippen molar-refractivity contribution >= 4 is 44.2 Å². The van der Waals surface area contributed by atoms with Gasteiger partial charge in [-0.25, -0.2) is 13.4 Å². The van der Waals surface area contributed by atoms with Crippen molar-refractivity contribution in [1.29, 1.82) is 0 Å². The average molecular weight is 268 g/mol. The number of H-pyrrole nitrogens is 2. The molecule has 0 aliphatic carbocycles. The molecule has 2 rings (SSSR count). The predicted molar refractivity (Wildman–Crippen MR) is 53.6 cm³/mol. The molecule has 0 aliphatic rings. The van der Waals surface area contributed by atoms with Crippen molar-refractivity contribution in [1.82, 2.24) is 15.0 Å². The Morgan fingerprint density at radius 3 is 2.60 bits per heavy atom. The number of rotatable bonds is 1. The Morgan fingerprint density at radius 2 is 2.00 bits per heavy atom. The van der Waals surface area contributed by atoms with E-state index in [4.69, 9.17) is 23.2 Å². The van der Waals surface area contributed by atoms with Gasteiger partial charge in [-0.2, -0.15) is 4.98 Å². The number of nitrogens with zero attached hydrogens (tertiary/aromatic N) is 2. The molecule has 0 saturated carbocycles. The summed E-state index contributed by atoms with van der Waals surface area (Å²) in [7, 11) is -3.49. The lowest BCUT2D eigenvalue weighted by Gasteiger charge is -1.91. The topological polar surface area (TPSA) is 89.9 Å². The fourth-order valence-corrected chi connectivity index (χ4v) is 1.99. The zero-order valence-electron chi connectivity index (χ0n) is 7.38. The summed E-state index contributed by atoms with van der Waals surface area (Å²) >= 11 is 11.4. The van der Waals surface area contributed by atoms with Crippen LogP contribution in [0, 0.1) is 0 Å². The highest BCUT2D eigenvalue weighted by Crippen LogP contribution is 2.18. The molecule has 9 heteroatoms. The molecule has 0 amide bonds. The normalized spacial score (nSPS) is 12.2. The Morgan fingerprint density at radius 1 is 1.33 bits per heavy atom. The third-order valence-corrected chi connectivity index (χ3v) is 2.95. The molecular weight excluding hydrogens is 263 g/mol. The van der Waals surface area contributed by atoms with E-state index in [9.17, 15) is 8.42 Å². The van der Waals surface area contributed by atoms with Crippen molar-refractivity contribution in [2.75, 3.05) is 6.26 Å². The number of sulfone groups is 1. The van der Waals surface area contributed by atoms with E-state index in [2.05, 4.69) is 19.9 Å². The van der Waals surface area contributed by atoms with E-state index in [0.29, 0.717) is 5.52 Å². The molecule has 0 bridgehead atoms. The highest BCUT2D eigenvalue weighted by atomic mass is 35.5. The molecule has 2 N–H and O–H groups in total. The van der Waals surface area contributed by atoms with E-state index < -0.39 is 9.84 Å². The number of fused-ring (bicyclic) bond motifs is 1. The second-order valence-electron chi connectivity index (χ2n) is 2.86. The van der Waals surface area contributed by atoms with Crippen molar-refractivity contribution in [2.45, 2.75) is 5.16 Å². The molecule has 0 radical (unpaired) electrons. The summed E-state index contributed by atoms with van der Waals surface area (Å²) in [5, 5.41) is -0.137. The maximum absolute atomic E-state index is 11.2. The summed E-state index contributed by atoms with van der Waals surface area (Å²) in [6.07, 6.45) is 0.999. The summed E-state index contributed by atoms with van der Waals surface area (Å²) in [4.78, 5) is 12.7. The highest BCUT2D eigenvalue weighted by Gasteiger charge is 2.22. The van der Waals surface area contributed by atoms with Gasteiger partial charge in [0, 0.05) is 6.26 Å². The van der Waals surface area contributed by atoms with Crippen LogP contribution in [0.4, 0.5) is 0 Å². The Balaban J connectivity index is 2.84. The molecule has 6 nitrogen and oxygen atoms in total. The molecule has 2 heterocycles. The summed E-state index contributed by atoms with van der Waals surface area (Å²) in [6, 6.07) is 0. The first-order chi connectivity index (χ1) is 6.88. The van der Waals surface area contributed by atoms with Gasteiger partial charge in [0.15, 0.2) is 5.15 Å². The minimum Gasteiger partial charge on any atom is -0.255 e. The fraction of sp³-hybridized carbons (Fsp3) is 0.167. The molecular formula is C6H5Cl2N4O2S+. The maximum atomic E-state index is 11.2. The summed E-state index contributed by atoms with van der Waals surface area (Å²) < 4.78 is 22.4. The Hall–Kier alpha value is -0.920. The first kappa shape index (κ1) is 10.6. The van der Waals surface area contributed by atoms with Crippen molar-refractivity contribution in [3.63, 3.8) is 0 Å². The standard InChI is InChI=1S/C6H4Cl2N4O2S/c1-15(13,14)6-10-3(7)2-4(12-6)11-5(8)9-2/h1H3,(H,9,10,11,12)/p+1. The quantitative estimate of drug-likeness (QED) is 0.462. The van der Waals surface area contributed by atoms with Gasteiger partial charge >= 0.3 is 10.8 Å². The monoisotopic (exact) mass is 267 g/mol. The summed E-state index contributed by atoms with van der Waals surface area (Å²) in [5.41, 5.74) is 0.620. The summed E-state index contributed by atoms with van der Waals surface area (Å²) in [5.74, 6) is 0. The Bertz CT molecular complexity index is 636. The zero-order valence-corrected chi connectivity index (χ0v) is 9.70. The molecule has 80 valence electrons. The van der Waals surface area contributed by atoms with Crippen LogP contribution in [0.25, 0.3) is 11.2 Å². The molecule has 0 unspecified atom stereocenters. The van der Waals surface area contributed by atoms with Crippen LogP contribution >= 0.6 is 23.2 Å². The number of imidazole rings is 1. The van der Waals surface area contributed by atoms with E-state index in [1.165, 1.54) is 0 Å². The van der Waals surface area contributed by atoms with Gasteiger partial charge in [0.25, 0.3) is 5.28 Å². The number of nitrogens with one attached hydrogen (secondary N) is 2. The number of hydrogen-bond acceptors (Lipinski definition) is 4. The van der Waals surface area contributed by atoms with Crippen molar-refractivity contribution in [3.8, 4) is 0 Å². The third-order valence-electron chi connectivity index (χ3n) is 1.64. The molecule has 0 saturated heterocycles. The second-order valence-corrected chi connectivity index (χ2v) is 5.50. The lowest BCUT2D eigenvalue weighted by molar-refractivity contribution is -0.344. The minimum atomic E-state index is -3.49.